The van der Waals surface area contributed by atoms with Gasteiger partial charge in [0, 0.05) is 36.8 Å². The van der Waals surface area contributed by atoms with E-state index in [2.05, 4.69) is 36.4 Å². The fourth-order valence-corrected chi connectivity index (χ4v) is 2.95. The number of aryl methyl sites for hydroxylation is 1. The Morgan fingerprint density at radius 1 is 1.43 bits per heavy atom. The van der Waals surface area contributed by atoms with Crippen LogP contribution in [0.2, 0.25) is 0 Å². The van der Waals surface area contributed by atoms with Crippen LogP contribution in [0.3, 0.4) is 0 Å². The highest BCUT2D eigenvalue weighted by Gasteiger charge is 2.49. The third-order valence-corrected chi connectivity index (χ3v) is 4.58. The van der Waals surface area contributed by atoms with Gasteiger partial charge in [0.05, 0.1) is 12.0 Å². The SMILES string of the molecule is CC(NC1CC(NC(=O)OC(C)(C)C)C1(C)C)c1cn(C)cn1. The van der Waals surface area contributed by atoms with Gasteiger partial charge in [-0.15, -0.1) is 0 Å². The van der Waals surface area contributed by atoms with Crippen molar-refractivity contribution in [3.63, 3.8) is 0 Å². The molecule has 23 heavy (non-hydrogen) atoms. The van der Waals surface area contributed by atoms with Crippen LogP contribution in [0.1, 0.15) is 59.7 Å². The topological polar surface area (TPSA) is 68.2 Å². The van der Waals surface area contributed by atoms with Gasteiger partial charge < -0.3 is 19.9 Å². The van der Waals surface area contributed by atoms with E-state index in [0.717, 1.165) is 12.1 Å². The van der Waals surface area contributed by atoms with Crippen molar-refractivity contribution in [2.75, 3.05) is 0 Å². The second-order valence-corrected chi connectivity index (χ2v) is 8.16. The van der Waals surface area contributed by atoms with Crippen LogP contribution >= 0.6 is 0 Å². The van der Waals surface area contributed by atoms with E-state index in [9.17, 15) is 4.79 Å². The van der Waals surface area contributed by atoms with Crippen LogP contribution in [0.5, 0.6) is 0 Å². The number of hydrogen-bond donors (Lipinski definition) is 2. The van der Waals surface area contributed by atoms with Crippen molar-refractivity contribution in [3.8, 4) is 0 Å². The maximum Gasteiger partial charge on any atom is 0.407 e. The monoisotopic (exact) mass is 322 g/mol. The van der Waals surface area contributed by atoms with Crippen LogP contribution < -0.4 is 10.6 Å². The molecule has 3 atom stereocenters. The second-order valence-electron chi connectivity index (χ2n) is 8.16. The molecule has 0 spiro atoms. The summed E-state index contributed by atoms with van der Waals surface area (Å²) in [5.74, 6) is 0. The number of aromatic nitrogens is 2. The molecule has 1 aromatic heterocycles. The lowest BCUT2D eigenvalue weighted by atomic mass is 9.62. The van der Waals surface area contributed by atoms with Gasteiger partial charge in [0.2, 0.25) is 0 Å². The van der Waals surface area contributed by atoms with Crippen molar-refractivity contribution in [3.05, 3.63) is 18.2 Å². The summed E-state index contributed by atoms with van der Waals surface area (Å²) in [5.41, 5.74) is 0.537. The Morgan fingerprint density at radius 3 is 2.57 bits per heavy atom. The van der Waals surface area contributed by atoms with Crippen molar-refractivity contribution in [2.45, 2.75) is 71.7 Å². The minimum absolute atomic E-state index is 0.0278. The summed E-state index contributed by atoms with van der Waals surface area (Å²) in [6.45, 7) is 12.1. The van der Waals surface area contributed by atoms with Crippen molar-refractivity contribution < 1.29 is 9.53 Å². The minimum Gasteiger partial charge on any atom is -0.444 e. The summed E-state index contributed by atoms with van der Waals surface area (Å²) < 4.78 is 7.29. The highest BCUT2D eigenvalue weighted by atomic mass is 16.6. The zero-order valence-electron chi connectivity index (χ0n) is 15.3. The average molecular weight is 322 g/mol. The van der Waals surface area contributed by atoms with Gasteiger partial charge in [0.15, 0.2) is 0 Å². The summed E-state index contributed by atoms with van der Waals surface area (Å²) in [4.78, 5) is 16.3. The number of carbonyl (C=O) groups excluding carboxylic acids is 1. The molecule has 0 radical (unpaired) electrons. The Labute approximate surface area is 139 Å². The van der Waals surface area contributed by atoms with E-state index < -0.39 is 5.60 Å². The van der Waals surface area contributed by atoms with Crippen LogP contribution in [0.25, 0.3) is 0 Å². The van der Waals surface area contributed by atoms with Crippen LogP contribution in [-0.4, -0.2) is 33.3 Å². The smallest absolute Gasteiger partial charge is 0.407 e. The molecule has 0 aromatic carbocycles. The van der Waals surface area contributed by atoms with Gasteiger partial charge in [-0.25, -0.2) is 9.78 Å². The van der Waals surface area contributed by atoms with Gasteiger partial charge in [0.25, 0.3) is 0 Å². The van der Waals surface area contributed by atoms with Crippen molar-refractivity contribution in [1.29, 1.82) is 0 Å². The zero-order valence-corrected chi connectivity index (χ0v) is 15.3. The molecule has 0 saturated heterocycles. The number of carbonyl (C=O) groups is 1. The molecule has 2 rings (SSSR count). The Bertz CT molecular complexity index is 559. The fourth-order valence-electron chi connectivity index (χ4n) is 2.95. The summed E-state index contributed by atoms with van der Waals surface area (Å²) in [6.07, 6.45) is 4.39. The predicted octanol–water partition coefficient (Wildman–Crippen LogP) is 2.76. The Kier molecular flexibility index (Phi) is 4.76. The third-order valence-electron chi connectivity index (χ3n) is 4.58. The lowest BCUT2D eigenvalue weighted by Gasteiger charge is -2.53. The molecule has 130 valence electrons. The van der Waals surface area contributed by atoms with E-state index >= 15 is 0 Å². The predicted molar refractivity (Wildman–Crippen MR) is 90.1 cm³/mol. The number of alkyl carbamates (subject to hydrolysis) is 1. The van der Waals surface area contributed by atoms with Crippen LogP contribution in [-0.2, 0) is 11.8 Å². The first-order valence-electron chi connectivity index (χ1n) is 8.22. The summed E-state index contributed by atoms with van der Waals surface area (Å²) in [5, 5.41) is 6.61. The van der Waals surface area contributed by atoms with Gasteiger partial charge >= 0.3 is 6.09 Å². The summed E-state index contributed by atoms with van der Waals surface area (Å²) in [7, 11) is 1.97. The molecule has 1 saturated carbocycles. The molecule has 6 heteroatoms. The second kappa shape index (κ2) is 6.15. The van der Waals surface area contributed by atoms with E-state index in [1.807, 2.05) is 44.9 Å². The largest absolute Gasteiger partial charge is 0.444 e. The maximum atomic E-state index is 11.9. The van der Waals surface area contributed by atoms with Gasteiger partial charge in [-0.05, 0) is 34.1 Å². The molecule has 0 bridgehead atoms. The minimum atomic E-state index is -0.469. The lowest BCUT2D eigenvalue weighted by Crippen LogP contribution is -2.66. The van der Waals surface area contributed by atoms with Crippen molar-refractivity contribution in [1.82, 2.24) is 20.2 Å². The normalized spacial score (nSPS) is 24.7. The molecular weight excluding hydrogens is 292 g/mol. The molecule has 0 aliphatic heterocycles. The van der Waals surface area contributed by atoms with E-state index in [4.69, 9.17) is 4.74 Å². The Morgan fingerprint density at radius 2 is 2.09 bits per heavy atom. The van der Waals surface area contributed by atoms with E-state index in [0.29, 0.717) is 6.04 Å². The molecule has 2 N–H and O–H groups in total. The highest BCUT2D eigenvalue weighted by Crippen LogP contribution is 2.41. The van der Waals surface area contributed by atoms with Gasteiger partial charge in [0.1, 0.15) is 5.60 Å². The number of rotatable bonds is 4. The van der Waals surface area contributed by atoms with Gasteiger partial charge in [-0.3, -0.25) is 0 Å². The molecule has 1 heterocycles. The first kappa shape index (κ1) is 17.8. The number of nitrogens with one attached hydrogen (secondary N) is 2. The Balaban J connectivity index is 1.87. The summed E-state index contributed by atoms with van der Waals surface area (Å²) in [6, 6.07) is 0.633. The molecule has 1 aliphatic carbocycles. The van der Waals surface area contributed by atoms with Crippen LogP contribution in [0, 0.1) is 5.41 Å². The number of ether oxygens (including phenoxy) is 1. The standard InChI is InChI=1S/C17H30N4O2/c1-11(12-9-21(7)10-18-12)19-13-8-14(17(13,5)6)20-15(22)23-16(2,3)4/h9-11,13-14,19H,8H2,1-7H3,(H,20,22). The number of amides is 1. The molecule has 1 aliphatic rings. The number of hydrogen-bond acceptors (Lipinski definition) is 4. The summed E-state index contributed by atoms with van der Waals surface area (Å²) >= 11 is 0. The lowest BCUT2D eigenvalue weighted by molar-refractivity contribution is 0.0138. The average Bonchev–Trinajstić information content (AvgIpc) is 2.82. The quantitative estimate of drug-likeness (QED) is 0.894. The molecule has 3 unspecified atom stereocenters. The van der Waals surface area contributed by atoms with Crippen molar-refractivity contribution >= 4 is 6.09 Å². The van der Waals surface area contributed by atoms with Gasteiger partial charge in [-0.2, -0.15) is 0 Å². The zero-order chi connectivity index (χ0) is 17.4. The molecule has 1 fully saturated rings. The fraction of sp³-hybridized carbons (Fsp3) is 0.765. The Hall–Kier alpha value is -1.56. The first-order valence-corrected chi connectivity index (χ1v) is 8.22. The highest BCUT2D eigenvalue weighted by molar-refractivity contribution is 5.68. The number of imidazole rings is 1. The van der Waals surface area contributed by atoms with E-state index in [1.54, 1.807) is 0 Å². The third kappa shape index (κ3) is 4.25. The maximum absolute atomic E-state index is 11.9. The number of nitrogens with zero attached hydrogens (tertiary/aromatic N) is 2. The van der Waals surface area contributed by atoms with Crippen LogP contribution in [0.15, 0.2) is 12.5 Å². The van der Waals surface area contributed by atoms with Crippen molar-refractivity contribution in [2.24, 2.45) is 12.5 Å². The molecule has 1 aromatic rings. The first-order chi connectivity index (χ1) is 10.5. The van der Waals surface area contributed by atoms with E-state index in [-0.39, 0.29) is 23.6 Å². The molecule has 6 nitrogen and oxygen atoms in total. The van der Waals surface area contributed by atoms with Crippen LogP contribution in [0.4, 0.5) is 4.79 Å². The molecular formula is C17H30N4O2. The van der Waals surface area contributed by atoms with Gasteiger partial charge in [-0.1, -0.05) is 13.8 Å². The molecule has 1 amide bonds. The van der Waals surface area contributed by atoms with E-state index in [1.165, 1.54) is 0 Å².